The molecule has 3 rings (SSSR count). The van der Waals surface area contributed by atoms with Crippen molar-refractivity contribution in [2.24, 2.45) is 11.8 Å². The third-order valence-corrected chi connectivity index (χ3v) is 5.28. The molecule has 1 aromatic rings. The Morgan fingerprint density at radius 2 is 1.96 bits per heavy atom. The normalized spacial score (nSPS) is 27.1. The van der Waals surface area contributed by atoms with Gasteiger partial charge in [-0.25, -0.2) is 4.79 Å². The van der Waals surface area contributed by atoms with E-state index in [1.807, 2.05) is 30.5 Å². The molecule has 0 aromatic heterocycles. The minimum Gasteiger partial charge on any atom is -0.501 e. The first kappa shape index (κ1) is 18.8. The Labute approximate surface area is 155 Å². The number of allylic oxidation sites excluding steroid dienone is 1. The summed E-state index contributed by atoms with van der Waals surface area (Å²) in [6.07, 6.45) is 9.97. The Balaban J connectivity index is 1.55. The molecule has 0 unspecified atom stereocenters. The molecule has 1 N–H and O–H groups in total. The van der Waals surface area contributed by atoms with E-state index < -0.39 is 5.97 Å². The summed E-state index contributed by atoms with van der Waals surface area (Å²) in [5.41, 5.74) is 1.22. The van der Waals surface area contributed by atoms with Crippen molar-refractivity contribution in [3.05, 3.63) is 42.2 Å². The molecule has 2 saturated heterocycles. The Kier molecular flexibility index (Phi) is 6.56. The summed E-state index contributed by atoms with van der Waals surface area (Å²) in [6.45, 7) is 2.55. The number of rotatable bonds is 10. The smallest absolute Gasteiger partial charge is 0.341 e. The molecule has 1 aromatic carbocycles. The molecule has 5 heteroatoms. The number of hydrogen-bond donors (Lipinski definition) is 1. The second-order valence-electron chi connectivity index (χ2n) is 7.14. The lowest BCUT2D eigenvalue weighted by Crippen LogP contribution is -2.31. The van der Waals surface area contributed by atoms with Crippen LogP contribution in [-0.4, -0.2) is 36.5 Å². The van der Waals surface area contributed by atoms with E-state index in [1.54, 1.807) is 0 Å². The van der Waals surface area contributed by atoms with Gasteiger partial charge < -0.3 is 19.3 Å². The number of ether oxygens (including phenoxy) is 3. The maximum atomic E-state index is 10.6. The molecule has 4 atom stereocenters. The van der Waals surface area contributed by atoms with Crippen LogP contribution < -0.4 is 4.74 Å². The fraction of sp³-hybridized carbons (Fsp3) is 0.571. The van der Waals surface area contributed by atoms with Crippen LogP contribution in [0, 0.1) is 11.8 Å². The molecule has 5 nitrogen and oxygen atoms in total. The molecule has 2 fully saturated rings. The van der Waals surface area contributed by atoms with Gasteiger partial charge in [0.1, 0.15) is 5.75 Å². The van der Waals surface area contributed by atoms with E-state index >= 15 is 0 Å². The molecule has 142 valence electrons. The van der Waals surface area contributed by atoms with Gasteiger partial charge in [-0.05, 0) is 55.4 Å². The van der Waals surface area contributed by atoms with Gasteiger partial charge in [-0.2, -0.15) is 0 Å². The Hall–Kier alpha value is -2.01. The summed E-state index contributed by atoms with van der Waals surface area (Å²) in [5.74, 6) is 0.521. The first-order chi connectivity index (χ1) is 12.7. The number of benzene rings is 1. The molecule has 2 heterocycles. The summed E-state index contributed by atoms with van der Waals surface area (Å²) < 4.78 is 17.1. The molecule has 0 aliphatic carbocycles. The molecule has 0 spiro atoms. The van der Waals surface area contributed by atoms with Gasteiger partial charge in [-0.15, -0.1) is 0 Å². The quantitative estimate of drug-likeness (QED) is 0.643. The van der Waals surface area contributed by atoms with Crippen LogP contribution in [0.25, 0.3) is 0 Å². The summed E-state index contributed by atoms with van der Waals surface area (Å²) in [6, 6.07) is 7.71. The molecule has 2 bridgehead atoms. The lowest BCUT2D eigenvalue weighted by molar-refractivity contribution is -0.139. The zero-order valence-corrected chi connectivity index (χ0v) is 15.3. The van der Waals surface area contributed by atoms with Crippen molar-refractivity contribution >= 4 is 5.97 Å². The molecule has 0 amide bonds. The van der Waals surface area contributed by atoms with Crippen molar-refractivity contribution in [1.82, 2.24) is 0 Å². The number of carboxylic acid groups (broad SMARTS) is 1. The van der Waals surface area contributed by atoms with Gasteiger partial charge in [0.2, 0.25) is 0 Å². The predicted molar refractivity (Wildman–Crippen MR) is 98.2 cm³/mol. The predicted octanol–water partition coefficient (Wildman–Crippen LogP) is 3.82. The second-order valence-corrected chi connectivity index (χ2v) is 7.14. The molecular weight excluding hydrogens is 332 g/mol. The van der Waals surface area contributed by atoms with Crippen LogP contribution in [0.3, 0.4) is 0 Å². The zero-order valence-electron chi connectivity index (χ0n) is 15.3. The van der Waals surface area contributed by atoms with Crippen LogP contribution in [0.15, 0.2) is 36.6 Å². The Morgan fingerprint density at radius 3 is 2.65 bits per heavy atom. The fourth-order valence-electron chi connectivity index (χ4n) is 3.99. The van der Waals surface area contributed by atoms with Gasteiger partial charge in [0.05, 0.1) is 25.1 Å². The summed E-state index contributed by atoms with van der Waals surface area (Å²) in [7, 11) is 0. The van der Waals surface area contributed by atoms with Crippen molar-refractivity contribution in [2.75, 3.05) is 13.2 Å². The molecule has 26 heavy (non-hydrogen) atoms. The van der Waals surface area contributed by atoms with Crippen LogP contribution in [0.2, 0.25) is 0 Å². The standard InChI is InChI=1S/C21H28O5/c1-2-3-4-11-24-13-18-17(19-9-10-20(18)26-19)12-15-5-7-16(8-6-15)25-14-21(22)23/h4-8,11,17-20H,2-3,9-10,12-14H2,1H3,(H,22,23)/t17-,18+,19-,20+/m1/s1. The van der Waals surface area contributed by atoms with Crippen LogP contribution >= 0.6 is 0 Å². The van der Waals surface area contributed by atoms with E-state index in [0.717, 1.165) is 32.1 Å². The van der Waals surface area contributed by atoms with Crippen molar-refractivity contribution < 1.29 is 24.1 Å². The first-order valence-corrected chi connectivity index (χ1v) is 9.53. The zero-order chi connectivity index (χ0) is 18.4. The van der Waals surface area contributed by atoms with Crippen LogP contribution in [0.5, 0.6) is 5.75 Å². The summed E-state index contributed by atoms with van der Waals surface area (Å²) in [4.78, 5) is 10.6. The van der Waals surface area contributed by atoms with Crippen molar-refractivity contribution in [2.45, 2.75) is 51.2 Å². The Morgan fingerprint density at radius 1 is 1.23 bits per heavy atom. The number of hydrogen-bond acceptors (Lipinski definition) is 4. The van der Waals surface area contributed by atoms with E-state index in [0.29, 0.717) is 36.4 Å². The number of carbonyl (C=O) groups is 1. The van der Waals surface area contributed by atoms with Gasteiger partial charge in [0.25, 0.3) is 0 Å². The van der Waals surface area contributed by atoms with Crippen molar-refractivity contribution in [1.29, 1.82) is 0 Å². The Bertz CT molecular complexity index is 609. The largest absolute Gasteiger partial charge is 0.501 e. The molecule has 2 aliphatic heterocycles. The SMILES string of the molecule is CCCC=COC[C@H]1[C@@H](Cc2ccc(OCC(=O)O)cc2)[C@H]2CC[C@@H]1O2. The number of carboxylic acids is 1. The van der Waals surface area contributed by atoms with E-state index in [2.05, 4.69) is 13.0 Å². The van der Waals surface area contributed by atoms with Gasteiger partial charge in [-0.1, -0.05) is 25.5 Å². The minimum atomic E-state index is -0.968. The van der Waals surface area contributed by atoms with E-state index in [-0.39, 0.29) is 6.61 Å². The number of fused-ring (bicyclic) bond motifs is 2. The maximum absolute atomic E-state index is 10.6. The van der Waals surface area contributed by atoms with E-state index in [1.165, 1.54) is 5.56 Å². The summed E-state index contributed by atoms with van der Waals surface area (Å²) in [5, 5.41) is 8.67. The highest BCUT2D eigenvalue weighted by Gasteiger charge is 2.48. The fourth-order valence-corrected chi connectivity index (χ4v) is 3.99. The third-order valence-electron chi connectivity index (χ3n) is 5.28. The highest BCUT2D eigenvalue weighted by molar-refractivity contribution is 5.68. The highest BCUT2D eigenvalue weighted by Crippen LogP contribution is 2.45. The van der Waals surface area contributed by atoms with Gasteiger partial charge in [-0.3, -0.25) is 0 Å². The average molecular weight is 360 g/mol. The lowest BCUT2D eigenvalue weighted by atomic mass is 9.76. The van der Waals surface area contributed by atoms with Crippen LogP contribution in [-0.2, 0) is 20.7 Å². The van der Waals surface area contributed by atoms with Gasteiger partial charge in [0.15, 0.2) is 6.61 Å². The summed E-state index contributed by atoms with van der Waals surface area (Å²) >= 11 is 0. The molecular formula is C21H28O5. The second kappa shape index (κ2) is 9.08. The molecule has 0 radical (unpaired) electrons. The molecule has 2 aliphatic rings. The first-order valence-electron chi connectivity index (χ1n) is 9.53. The van der Waals surface area contributed by atoms with Crippen molar-refractivity contribution in [3.63, 3.8) is 0 Å². The van der Waals surface area contributed by atoms with Crippen molar-refractivity contribution in [3.8, 4) is 5.75 Å². The van der Waals surface area contributed by atoms with Crippen LogP contribution in [0.4, 0.5) is 0 Å². The maximum Gasteiger partial charge on any atom is 0.341 e. The van der Waals surface area contributed by atoms with Crippen LogP contribution in [0.1, 0.15) is 38.2 Å². The molecule has 0 saturated carbocycles. The number of unbranched alkanes of at least 4 members (excludes halogenated alkanes) is 1. The van der Waals surface area contributed by atoms with E-state index in [9.17, 15) is 4.79 Å². The average Bonchev–Trinajstić information content (AvgIpc) is 3.23. The van der Waals surface area contributed by atoms with Gasteiger partial charge >= 0.3 is 5.97 Å². The topological polar surface area (TPSA) is 65.0 Å². The lowest BCUT2D eigenvalue weighted by Gasteiger charge is -2.27. The van der Waals surface area contributed by atoms with Gasteiger partial charge in [0, 0.05) is 5.92 Å². The monoisotopic (exact) mass is 360 g/mol. The van der Waals surface area contributed by atoms with E-state index in [4.69, 9.17) is 19.3 Å². The third kappa shape index (κ3) is 4.79. The minimum absolute atomic E-state index is 0.315. The highest BCUT2D eigenvalue weighted by atomic mass is 16.5. The number of aliphatic carboxylic acids is 1.